The van der Waals surface area contributed by atoms with Crippen LogP contribution >= 0.6 is 0 Å². The summed E-state index contributed by atoms with van der Waals surface area (Å²) >= 11 is 0. The molecule has 3 rings (SSSR count). The molecule has 0 aliphatic carbocycles. The van der Waals surface area contributed by atoms with Crippen molar-refractivity contribution >= 4 is 17.6 Å². The fourth-order valence-electron chi connectivity index (χ4n) is 3.15. The van der Waals surface area contributed by atoms with E-state index in [0.717, 1.165) is 6.07 Å². The quantitative estimate of drug-likeness (QED) is 0.451. The van der Waals surface area contributed by atoms with Gasteiger partial charge in [0.15, 0.2) is 6.10 Å². The molecule has 3 aromatic rings. The van der Waals surface area contributed by atoms with E-state index in [2.05, 4.69) is 20.8 Å². The smallest absolute Gasteiger partial charge is 0.254 e. The van der Waals surface area contributed by atoms with E-state index in [9.17, 15) is 23.5 Å². The van der Waals surface area contributed by atoms with Gasteiger partial charge in [0.05, 0.1) is 5.69 Å². The van der Waals surface area contributed by atoms with Crippen LogP contribution in [0, 0.1) is 11.6 Å². The van der Waals surface area contributed by atoms with Crippen molar-refractivity contribution in [3.8, 4) is 0 Å². The number of aromatic nitrogens is 2. The summed E-state index contributed by atoms with van der Waals surface area (Å²) < 4.78 is 27.3. The molecule has 0 spiro atoms. The lowest BCUT2D eigenvalue weighted by molar-refractivity contribution is -0.132. The third kappa shape index (κ3) is 5.17. The summed E-state index contributed by atoms with van der Waals surface area (Å²) in [6, 6.07) is 12.2. The highest BCUT2D eigenvalue weighted by Gasteiger charge is 2.28. The van der Waals surface area contributed by atoms with Gasteiger partial charge in [0, 0.05) is 17.5 Å². The second-order valence-electron chi connectivity index (χ2n) is 7.98. The average Bonchev–Trinajstić information content (AvgIpc) is 3.22. The number of aliphatic hydroxyl groups excluding tert-OH is 1. The second-order valence-corrected chi connectivity index (χ2v) is 7.98. The van der Waals surface area contributed by atoms with E-state index >= 15 is 0 Å². The summed E-state index contributed by atoms with van der Waals surface area (Å²) in [5.41, 5.74) is 0.401. The molecule has 0 bridgehead atoms. The molecule has 0 aliphatic rings. The molecule has 168 valence electrons. The Kier molecular flexibility index (Phi) is 6.69. The molecule has 2 aromatic carbocycles. The molecular weight excluding hydrogens is 418 g/mol. The minimum Gasteiger partial charge on any atom is -0.378 e. The summed E-state index contributed by atoms with van der Waals surface area (Å²) in [5.74, 6) is -2.39. The lowest BCUT2D eigenvalue weighted by Crippen LogP contribution is -2.43. The van der Waals surface area contributed by atoms with E-state index in [0.29, 0.717) is 16.8 Å². The van der Waals surface area contributed by atoms with Crippen molar-refractivity contribution in [3.05, 3.63) is 83.1 Å². The Balaban J connectivity index is 1.65. The summed E-state index contributed by atoms with van der Waals surface area (Å²) in [7, 11) is 0. The first-order valence-corrected chi connectivity index (χ1v) is 9.94. The number of H-pyrrole nitrogens is 1. The van der Waals surface area contributed by atoms with Crippen LogP contribution in [0.4, 0.5) is 14.6 Å². The normalized spacial score (nSPS) is 13.3. The summed E-state index contributed by atoms with van der Waals surface area (Å²) in [6.07, 6.45) is -1.40. The molecule has 0 fully saturated rings. The molecule has 1 aromatic heterocycles. The van der Waals surface area contributed by atoms with Gasteiger partial charge < -0.3 is 15.7 Å². The Hall–Kier alpha value is -3.59. The molecule has 1 heterocycles. The summed E-state index contributed by atoms with van der Waals surface area (Å²) in [5, 5.41) is 22.0. The molecule has 9 heteroatoms. The topological polar surface area (TPSA) is 107 Å². The van der Waals surface area contributed by atoms with Gasteiger partial charge in [0.1, 0.15) is 23.5 Å². The predicted octanol–water partition coefficient (Wildman–Crippen LogP) is 3.19. The van der Waals surface area contributed by atoms with Crippen molar-refractivity contribution in [1.29, 1.82) is 0 Å². The van der Waals surface area contributed by atoms with Gasteiger partial charge in [-0.05, 0) is 30.2 Å². The lowest BCUT2D eigenvalue weighted by atomic mass is 9.81. The SMILES string of the molecule is C[C@H](NC(=O)[C@@H](O)c1ccccc1)C(=O)Nc1cc(C(C)(C)c2cc(F)cc(F)c2)n[nH]1. The van der Waals surface area contributed by atoms with E-state index in [1.807, 2.05) is 0 Å². The monoisotopic (exact) mass is 442 g/mol. The molecule has 0 saturated carbocycles. The number of hydrogen-bond acceptors (Lipinski definition) is 4. The third-order valence-electron chi connectivity index (χ3n) is 5.18. The van der Waals surface area contributed by atoms with Crippen molar-refractivity contribution < 1.29 is 23.5 Å². The molecule has 0 unspecified atom stereocenters. The molecule has 2 amide bonds. The van der Waals surface area contributed by atoms with E-state index in [1.165, 1.54) is 19.1 Å². The number of nitrogens with zero attached hydrogens (tertiary/aromatic N) is 1. The van der Waals surface area contributed by atoms with Crippen molar-refractivity contribution in [1.82, 2.24) is 15.5 Å². The zero-order chi connectivity index (χ0) is 23.5. The molecule has 32 heavy (non-hydrogen) atoms. The average molecular weight is 442 g/mol. The standard InChI is InChI=1S/C23H24F2N4O3/c1-13(26-22(32)20(30)14-7-5-4-6-8-14)21(31)27-19-12-18(28-29-19)23(2,3)15-9-16(24)11-17(25)10-15/h4-13,20,30H,1-3H3,(H,26,32)(H2,27,28,29,31)/t13-,20-/m0/s1. The van der Waals surface area contributed by atoms with E-state index in [1.54, 1.807) is 50.2 Å². The zero-order valence-corrected chi connectivity index (χ0v) is 17.8. The fraction of sp³-hybridized carbons (Fsp3) is 0.261. The third-order valence-corrected chi connectivity index (χ3v) is 5.18. The Morgan fingerprint density at radius 2 is 1.66 bits per heavy atom. The maximum Gasteiger partial charge on any atom is 0.254 e. The number of rotatable bonds is 7. The molecule has 4 N–H and O–H groups in total. The van der Waals surface area contributed by atoms with Crippen LogP contribution < -0.4 is 10.6 Å². The minimum absolute atomic E-state index is 0.250. The summed E-state index contributed by atoms with van der Waals surface area (Å²) in [4.78, 5) is 24.7. The van der Waals surface area contributed by atoms with Crippen LogP contribution in [0.2, 0.25) is 0 Å². The first-order valence-electron chi connectivity index (χ1n) is 9.94. The highest BCUT2D eigenvalue weighted by Crippen LogP contribution is 2.32. The van der Waals surface area contributed by atoms with Gasteiger partial charge in [-0.15, -0.1) is 0 Å². The van der Waals surface area contributed by atoms with Crippen molar-refractivity contribution in [2.75, 3.05) is 5.32 Å². The Morgan fingerprint density at radius 1 is 1.03 bits per heavy atom. The first-order chi connectivity index (χ1) is 15.1. The van der Waals surface area contributed by atoms with Crippen molar-refractivity contribution in [3.63, 3.8) is 0 Å². The Morgan fingerprint density at radius 3 is 2.28 bits per heavy atom. The van der Waals surface area contributed by atoms with Crippen LogP contribution in [0.3, 0.4) is 0 Å². The van der Waals surface area contributed by atoms with Gasteiger partial charge in [0.25, 0.3) is 5.91 Å². The maximum absolute atomic E-state index is 13.6. The van der Waals surface area contributed by atoms with Crippen LogP contribution in [-0.4, -0.2) is 33.2 Å². The van der Waals surface area contributed by atoms with Gasteiger partial charge in [-0.3, -0.25) is 14.7 Å². The van der Waals surface area contributed by atoms with E-state index in [4.69, 9.17) is 0 Å². The van der Waals surface area contributed by atoms with Crippen LogP contribution in [-0.2, 0) is 15.0 Å². The number of anilines is 1. The van der Waals surface area contributed by atoms with Gasteiger partial charge in [-0.1, -0.05) is 44.2 Å². The number of carbonyl (C=O) groups excluding carboxylic acids is 2. The number of amides is 2. The molecule has 0 saturated heterocycles. The molecule has 0 aliphatic heterocycles. The van der Waals surface area contributed by atoms with Crippen molar-refractivity contribution in [2.45, 2.75) is 38.3 Å². The van der Waals surface area contributed by atoms with Gasteiger partial charge in [0.2, 0.25) is 5.91 Å². The predicted molar refractivity (Wildman–Crippen MR) is 115 cm³/mol. The highest BCUT2D eigenvalue weighted by molar-refractivity contribution is 5.97. The van der Waals surface area contributed by atoms with Gasteiger partial charge >= 0.3 is 0 Å². The largest absolute Gasteiger partial charge is 0.378 e. The number of nitrogens with one attached hydrogen (secondary N) is 3. The number of benzene rings is 2. The number of hydrogen-bond donors (Lipinski definition) is 4. The number of aliphatic hydroxyl groups is 1. The van der Waals surface area contributed by atoms with Crippen LogP contribution in [0.1, 0.15) is 43.7 Å². The second kappa shape index (κ2) is 9.27. The first kappa shape index (κ1) is 23.1. The number of aromatic amines is 1. The van der Waals surface area contributed by atoms with Crippen molar-refractivity contribution in [2.24, 2.45) is 0 Å². The van der Waals surface area contributed by atoms with Crippen LogP contribution in [0.5, 0.6) is 0 Å². The fourth-order valence-corrected chi connectivity index (χ4v) is 3.15. The van der Waals surface area contributed by atoms with E-state index in [-0.39, 0.29) is 5.82 Å². The molecule has 2 atom stereocenters. The Bertz CT molecular complexity index is 1100. The lowest BCUT2D eigenvalue weighted by Gasteiger charge is -2.23. The molecule has 7 nitrogen and oxygen atoms in total. The Labute approximate surface area is 183 Å². The maximum atomic E-state index is 13.6. The van der Waals surface area contributed by atoms with Crippen LogP contribution in [0.15, 0.2) is 54.6 Å². The van der Waals surface area contributed by atoms with Gasteiger partial charge in [-0.25, -0.2) is 8.78 Å². The highest BCUT2D eigenvalue weighted by atomic mass is 19.1. The van der Waals surface area contributed by atoms with E-state index < -0.39 is 41.0 Å². The number of carbonyl (C=O) groups is 2. The summed E-state index contributed by atoms with van der Waals surface area (Å²) in [6.45, 7) is 4.97. The van der Waals surface area contributed by atoms with Crippen LogP contribution in [0.25, 0.3) is 0 Å². The zero-order valence-electron chi connectivity index (χ0n) is 17.8. The number of halogens is 2. The minimum atomic E-state index is -1.40. The van der Waals surface area contributed by atoms with Gasteiger partial charge in [-0.2, -0.15) is 5.10 Å². The molecule has 0 radical (unpaired) electrons. The molecular formula is C23H24F2N4O3.